The van der Waals surface area contributed by atoms with Crippen LogP contribution in [0, 0.1) is 6.92 Å². The normalized spacial score (nSPS) is 15.5. The van der Waals surface area contributed by atoms with Crippen molar-refractivity contribution in [1.29, 1.82) is 0 Å². The number of rotatable bonds is 5. The van der Waals surface area contributed by atoms with E-state index in [1.807, 2.05) is 24.3 Å². The van der Waals surface area contributed by atoms with Gasteiger partial charge in [0.25, 0.3) is 5.91 Å². The van der Waals surface area contributed by atoms with Gasteiger partial charge in [-0.3, -0.25) is 4.79 Å². The molecular weight excluding hydrogens is 310 g/mol. The minimum absolute atomic E-state index is 0.0179. The number of hydrogen-bond donors (Lipinski definition) is 1. The van der Waals surface area contributed by atoms with E-state index in [0.29, 0.717) is 23.5 Å². The Balaban J connectivity index is 1.65. The molecule has 1 heterocycles. The Morgan fingerprint density at radius 1 is 1.30 bits per heavy atom. The van der Waals surface area contributed by atoms with Crippen molar-refractivity contribution < 1.29 is 9.32 Å². The molecule has 0 aliphatic heterocycles. The van der Waals surface area contributed by atoms with Crippen LogP contribution in [0.4, 0.5) is 0 Å². The first-order chi connectivity index (χ1) is 11.2. The van der Waals surface area contributed by atoms with Crippen molar-refractivity contribution in [1.82, 2.24) is 15.5 Å². The van der Waals surface area contributed by atoms with Gasteiger partial charge in [0, 0.05) is 17.9 Å². The van der Waals surface area contributed by atoms with Crippen molar-refractivity contribution in [2.45, 2.75) is 55.7 Å². The maximum absolute atomic E-state index is 12.6. The van der Waals surface area contributed by atoms with Gasteiger partial charge in [0.05, 0.1) is 11.3 Å². The Bertz CT molecular complexity index is 665. The van der Waals surface area contributed by atoms with Crippen molar-refractivity contribution >= 4 is 17.7 Å². The van der Waals surface area contributed by atoms with Crippen LogP contribution < -0.4 is 5.32 Å². The van der Waals surface area contributed by atoms with Crippen LogP contribution >= 0.6 is 11.8 Å². The Labute approximate surface area is 140 Å². The summed E-state index contributed by atoms with van der Waals surface area (Å²) in [4.78, 5) is 17.7. The molecule has 1 N–H and O–H groups in total. The first kappa shape index (κ1) is 16.1. The maximum atomic E-state index is 12.6. The third kappa shape index (κ3) is 4.34. The standard InChI is InChI=1S/C17H21N3O2S/c1-12-18-16(20-22-12)11-23-15-10-6-5-9-14(15)17(21)19-13-7-3-2-4-8-13/h5-6,9-10,13H,2-4,7-8,11H2,1H3,(H,19,21). The van der Waals surface area contributed by atoms with Gasteiger partial charge in [-0.25, -0.2) is 0 Å². The van der Waals surface area contributed by atoms with Gasteiger partial charge in [-0.15, -0.1) is 11.8 Å². The predicted octanol–water partition coefficient (Wildman–Crippen LogP) is 3.73. The van der Waals surface area contributed by atoms with Gasteiger partial charge >= 0.3 is 0 Å². The lowest BCUT2D eigenvalue weighted by atomic mass is 9.95. The van der Waals surface area contributed by atoms with E-state index < -0.39 is 0 Å². The molecule has 0 atom stereocenters. The largest absolute Gasteiger partial charge is 0.349 e. The van der Waals surface area contributed by atoms with Gasteiger partial charge < -0.3 is 9.84 Å². The summed E-state index contributed by atoms with van der Waals surface area (Å²) < 4.78 is 4.98. The Hall–Kier alpha value is -1.82. The van der Waals surface area contributed by atoms with Crippen molar-refractivity contribution in [3.63, 3.8) is 0 Å². The number of carbonyl (C=O) groups is 1. The van der Waals surface area contributed by atoms with E-state index in [1.54, 1.807) is 18.7 Å². The minimum atomic E-state index is 0.0179. The molecule has 1 aliphatic carbocycles. The second kappa shape index (κ2) is 7.64. The number of aryl methyl sites for hydroxylation is 1. The number of aromatic nitrogens is 2. The molecule has 0 radical (unpaired) electrons. The quantitative estimate of drug-likeness (QED) is 0.846. The monoisotopic (exact) mass is 331 g/mol. The van der Waals surface area contributed by atoms with Crippen molar-refractivity contribution in [2.75, 3.05) is 0 Å². The highest BCUT2D eigenvalue weighted by atomic mass is 32.2. The predicted molar refractivity (Wildman–Crippen MR) is 89.4 cm³/mol. The Kier molecular flexibility index (Phi) is 5.33. The first-order valence-corrected chi connectivity index (χ1v) is 9.03. The molecule has 2 aromatic rings. The van der Waals surface area contributed by atoms with Crippen LogP contribution in [0.3, 0.4) is 0 Å². The van der Waals surface area contributed by atoms with Gasteiger partial charge in [0.1, 0.15) is 0 Å². The van der Waals surface area contributed by atoms with Crippen molar-refractivity contribution in [3.05, 3.63) is 41.5 Å². The molecule has 1 aliphatic rings. The van der Waals surface area contributed by atoms with Gasteiger partial charge in [0.2, 0.25) is 5.89 Å². The molecule has 5 nitrogen and oxygen atoms in total. The van der Waals surface area contributed by atoms with E-state index in [0.717, 1.165) is 23.3 Å². The number of hydrogen-bond acceptors (Lipinski definition) is 5. The summed E-state index contributed by atoms with van der Waals surface area (Å²) in [6.45, 7) is 1.77. The summed E-state index contributed by atoms with van der Waals surface area (Å²) in [5.74, 6) is 1.81. The van der Waals surface area contributed by atoms with E-state index in [4.69, 9.17) is 4.52 Å². The van der Waals surface area contributed by atoms with E-state index in [-0.39, 0.29) is 5.91 Å². The highest BCUT2D eigenvalue weighted by Gasteiger charge is 2.18. The lowest BCUT2D eigenvalue weighted by Gasteiger charge is -2.23. The summed E-state index contributed by atoms with van der Waals surface area (Å²) in [6.07, 6.45) is 5.87. The molecule has 1 saturated carbocycles. The number of nitrogens with one attached hydrogen (secondary N) is 1. The molecular formula is C17H21N3O2S. The van der Waals surface area contributed by atoms with Gasteiger partial charge in [0.15, 0.2) is 5.82 Å². The van der Waals surface area contributed by atoms with Crippen molar-refractivity contribution in [3.8, 4) is 0 Å². The molecule has 23 heavy (non-hydrogen) atoms. The summed E-state index contributed by atoms with van der Waals surface area (Å²) in [5, 5.41) is 7.07. The van der Waals surface area contributed by atoms with E-state index >= 15 is 0 Å². The molecule has 1 aromatic heterocycles. The fourth-order valence-electron chi connectivity index (χ4n) is 2.83. The minimum Gasteiger partial charge on any atom is -0.349 e. The highest BCUT2D eigenvalue weighted by Crippen LogP contribution is 2.26. The number of carbonyl (C=O) groups excluding carboxylic acids is 1. The molecule has 122 valence electrons. The molecule has 0 spiro atoms. The molecule has 0 bridgehead atoms. The zero-order valence-electron chi connectivity index (χ0n) is 13.2. The van der Waals surface area contributed by atoms with E-state index in [9.17, 15) is 4.79 Å². The van der Waals surface area contributed by atoms with Crippen molar-refractivity contribution in [2.24, 2.45) is 0 Å². The van der Waals surface area contributed by atoms with Gasteiger partial charge in [-0.05, 0) is 25.0 Å². The Morgan fingerprint density at radius 3 is 2.83 bits per heavy atom. The molecule has 1 aromatic carbocycles. The van der Waals surface area contributed by atoms with E-state index in [1.165, 1.54) is 19.3 Å². The average Bonchev–Trinajstić information content (AvgIpc) is 2.99. The number of benzene rings is 1. The van der Waals surface area contributed by atoms with Crippen LogP contribution in [-0.2, 0) is 5.75 Å². The summed E-state index contributed by atoms with van der Waals surface area (Å²) in [5.41, 5.74) is 0.725. The summed E-state index contributed by atoms with van der Waals surface area (Å²) >= 11 is 1.56. The van der Waals surface area contributed by atoms with E-state index in [2.05, 4.69) is 15.5 Å². The highest BCUT2D eigenvalue weighted by molar-refractivity contribution is 7.98. The fraction of sp³-hybridized carbons (Fsp3) is 0.471. The number of thioether (sulfide) groups is 1. The zero-order valence-corrected chi connectivity index (χ0v) is 14.1. The number of nitrogens with zero attached hydrogens (tertiary/aromatic N) is 2. The van der Waals surface area contributed by atoms with Gasteiger partial charge in [-0.1, -0.05) is 36.6 Å². The average molecular weight is 331 g/mol. The summed E-state index contributed by atoms with van der Waals surface area (Å²) in [6, 6.07) is 8.00. The lowest BCUT2D eigenvalue weighted by Crippen LogP contribution is -2.36. The van der Waals surface area contributed by atoms with Crippen LogP contribution in [0.15, 0.2) is 33.7 Å². The molecule has 3 rings (SSSR count). The molecule has 1 amide bonds. The second-order valence-corrected chi connectivity index (χ2v) is 6.84. The molecule has 0 unspecified atom stereocenters. The molecule has 1 fully saturated rings. The summed E-state index contributed by atoms with van der Waals surface area (Å²) in [7, 11) is 0. The Morgan fingerprint density at radius 2 is 2.09 bits per heavy atom. The fourth-order valence-corrected chi connectivity index (χ4v) is 3.73. The zero-order chi connectivity index (χ0) is 16.1. The van der Waals surface area contributed by atoms with Gasteiger partial charge in [-0.2, -0.15) is 4.98 Å². The smallest absolute Gasteiger partial charge is 0.252 e. The SMILES string of the molecule is Cc1nc(CSc2ccccc2C(=O)NC2CCCCC2)no1. The topological polar surface area (TPSA) is 68.0 Å². The van der Waals surface area contributed by atoms with Crippen LogP contribution in [-0.4, -0.2) is 22.1 Å². The maximum Gasteiger partial charge on any atom is 0.252 e. The molecule has 6 heteroatoms. The van der Waals surface area contributed by atoms with Crippen LogP contribution in [0.2, 0.25) is 0 Å². The number of amides is 1. The molecule has 0 saturated heterocycles. The third-order valence-electron chi connectivity index (χ3n) is 4.00. The third-order valence-corrected chi connectivity index (χ3v) is 5.07. The van der Waals surface area contributed by atoms with Crippen LogP contribution in [0.1, 0.15) is 54.2 Å². The second-order valence-electron chi connectivity index (χ2n) is 5.82. The van der Waals surface area contributed by atoms with Crippen LogP contribution in [0.25, 0.3) is 0 Å². The van der Waals surface area contributed by atoms with Crippen LogP contribution in [0.5, 0.6) is 0 Å². The lowest BCUT2D eigenvalue weighted by molar-refractivity contribution is 0.0924. The first-order valence-electron chi connectivity index (χ1n) is 8.04.